The molecule has 1 aliphatic carbocycles. The Morgan fingerprint density at radius 3 is 2.61 bits per heavy atom. The van der Waals surface area contributed by atoms with E-state index in [0.29, 0.717) is 31.5 Å². The van der Waals surface area contributed by atoms with Gasteiger partial charge in [-0.25, -0.2) is 0 Å². The van der Waals surface area contributed by atoms with Gasteiger partial charge in [-0.05, 0) is 75.5 Å². The van der Waals surface area contributed by atoms with E-state index < -0.39 is 6.10 Å². The molecule has 0 aromatic heterocycles. The third-order valence-electron chi connectivity index (χ3n) is 6.96. The minimum absolute atomic E-state index is 0.0797. The number of aliphatic hydroxyl groups excluding tert-OH is 2. The molecule has 2 aliphatic rings. The van der Waals surface area contributed by atoms with Crippen molar-refractivity contribution in [1.29, 1.82) is 0 Å². The van der Waals surface area contributed by atoms with E-state index in [1.54, 1.807) is 11.0 Å². The molecule has 1 aromatic rings. The van der Waals surface area contributed by atoms with E-state index in [-0.39, 0.29) is 23.7 Å². The summed E-state index contributed by atoms with van der Waals surface area (Å²) in [5.41, 5.74) is 5.69. The molecular formula is C26H37NO4. The number of benzene rings is 1. The molecular weight excluding hydrogens is 390 g/mol. The van der Waals surface area contributed by atoms with E-state index >= 15 is 0 Å². The number of aromatic hydroxyl groups is 1. The number of phenolic OH excluding ortho intramolecular Hbond substituents is 1. The fourth-order valence-electron chi connectivity index (χ4n) is 4.91. The van der Waals surface area contributed by atoms with Gasteiger partial charge in [0, 0.05) is 30.6 Å². The number of hydrogen-bond donors (Lipinski definition) is 3. The van der Waals surface area contributed by atoms with E-state index in [1.807, 2.05) is 0 Å². The van der Waals surface area contributed by atoms with Gasteiger partial charge in [0.05, 0.1) is 12.7 Å². The first kappa shape index (κ1) is 23.6. The quantitative estimate of drug-likeness (QED) is 0.541. The number of amides is 1. The Bertz CT molecular complexity index is 897. The lowest BCUT2D eigenvalue weighted by Crippen LogP contribution is -2.40. The van der Waals surface area contributed by atoms with Gasteiger partial charge >= 0.3 is 0 Å². The van der Waals surface area contributed by atoms with Crippen LogP contribution in [0.1, 0.15) is 80.4 Å². The zero-order chi connectivity index (χ0) is 22.8. The lowest BCUT2D eigenvalue weighted by atomic mass is 9.67. The van der Waals surface area contributed by atoms with Crippen LogP contribution in [0, 0.1) is 5.41 Å². The van der Waals surface area contributed by atoms with Crippen LogP contribution in [0.25, 0.3) is 0 Å². The molecule has 31 heavy (non-hydrogen) atoms. The van der Waals surface area contributed by atoms with E-state index in [1.165, 1.54) is 11.1 Å². The molecule has 5 heteroatoms. The molecule has 0 saturated carbocycles. The van der Waals surface area contributed by atoms with Gasteiger partial charge in [0.15, 0.2) is 0 Å². The number of fused-ring (bicyclic) bond motifs is 3. The Kier molecular flexibility index (Phi) is 7.28. The van der Waals surface area contributed by atoms with Gasteiger partial charge in [-0.15, -0.1) is 0 Å². The van der Waals surface area contributed by atoms with Gasteiger partial charge in [0.25, 0.3) is 5.91 Å². The van der Waals surface area contributed by atoms with Gasteiger partial charge < -0.3 is 20.2 Å². The number of aliphatic hydroxyl groups is 2. The lowest BCUT2D eigenvalue weighted by Gasteiger charge is -2.40. The molecule has 1 amide bonds. The second-order valence-electron chi connectivity index (χ2n) is 9.79. The second kappa shape index (κ2) is 9.58. The molecule has 2 atom stereocenters. The zero-order valence-electron chi connectivity index (χ0n) is 19.4. The summed E-state index contributed by atoms with van der Waals surface area (Å²) < 4.78 is 0. The highest BCUT2D eigenvalue weighted by Gasteiger charge is 2.42. The first-order valence-corrected chi connectivity index (χ1v) is 11.4. The predicted octanol–water partition coefficient (Wildman–Crippen LogP) is 4.28. The van der Waals surface area contributed by atoms with Crippen LogP contribution in [0.5, 0.6) is 5.75 Å². The van der Waals surface area contributed by atoms with Gasteiger partial charge in [0.1, 0.15) is 5.75 Å². The molecule has 1 heterocycles. The summed E-state index contributed by atoms with van der Waals surface area (Å²) in [5, 5.41) is 30.8. The molecule has 170 valence electrons. The minimum Gasteiger partial charge on any atom is -0.508 e. The van der Waals surface area contributed by atoms with E-state index in [4.69, 9.17) is 0 Å². The molecule has 0 fully saturated rings. The zero-order valence-corrected chi connectivity index (χ0v) is 19.4. The molecule has 2 unspecified atom stereocenters. The predicted molar refractivity (Wildman–Crippen MR) is 123 cm³/mol. The van der Waals surface area contributed by atoms with Crippen molar-refractivity contribution >= 4 is 5.91 Å². The number of rotatable bonds is 8. The van der Waals surface area contributed by atoms with Gasteiger partial charge in [0.2, 0.25) is 0 Å². The van der Waals surface area contributed by atoms with Crippen molar-refractivity contribution in [1.82, 2.24) is 4.90 Å². The number of allylic oxidation sites excluding steroid dienone is 4. The monoisotopic (exact) mass is 427 g/mol. The highest BCUT2D eigenvalue weighted by Crippen LogP contribution is 2.45. The SMILES string of the molecule is CC(C)=CCC/C(C)=C/CCC1(C)Cc2c(c(O)cc3c2CN(CCO)C3=O)CC1O. The first-order chi connectivity index (χ1) is 14.7. The van der Waals surface area contributed by atoms with Crippen molar-refractivity contribution < 1.29 is 20.1 Å². The first-order valence-electron chi connectivity index (χ1n) is 11.4. The normalized spacial score (nSPS) is 23.0. The Balaban J connectivity index is 1.77. The minimum atomic E-state index is -0.533. The average molecular weight is 428 g/mol. The molecule has 0 radical (unpaired) electrons. The molecule has 3 rings (SSSR count). The summed E-state index contributed by atoms with van der Waals surface area (Å²) in [7, 11) is 0. The molecule has 0 saturated heterocycles. The van der Waals surface area contributed by atoms with E-state index in [0.717, 1.165) is 42.4 Å². The number of hydrogen-bond acceptors (Lipinski definition) is 4. The topological polar surface area (TPSA) is 81.0 Å². The maximum absolute atomic E-state index is 12.7. The maximum Gasteiger partial charge on any atom is 0.254 e. The second-order valence-corrected chi connectivity index (χ2v) is 9.79. The van der Waals surface area contributed by atoms with Crippen LogP contribution < -0.4 is 0 Å². The summed E-state index contributed by atoms with van der Waals surface area (Å²) in [6.45, 7) is 9.20. The van der Waals surface area contributed by atoms with Gasteiger partial charge in [-0.3, -0.25) is 4.79 Å². The smallest absolute Gasteiger partial charge is 0.254 e. The Hall–Kier alpha value is -2.11. The Morgan fingerprint density at radius 2 is 1.94 bits per heavy atom. The van der Waals surface area contributed by atoms with E-state index in [9.17, 15) is 20.1 Å². The van der Waals surface area contributed by atoms with Crippen molar-refractivity contribution in [3.8, 4) is 5.75 Å². The molecule has 0 spiro atoms. The summed E-state index contributed by atoms with van der Waals surface area (Å²) >= 11 is 0. The third-order valence-corrected chi connectivity index (χ3v) is 6.96. The van der Waals surface area contributed by atoms with Crippen LogP contribution in [0.3, 0.4) is 0 Å². The summed E-state index contributed by atoms with van der Waals surface area (Å²) in [6, 6.07) is 1.54. The number of carbonyl (C=O) groups excluding carboxylic acids is 1. The summed E-state index contributed by atoms with van der Waals surface area (Å²) in [6.07, 6.45) is 8.92. The van der Waals surface area contributed by atoms with Gasteiger partial charge in [-0.1, -0.05) is 30.2 Å². The Morgan fingerprint density at radius 1 is 1.19 bits per heavy atom. The highest BCUT2D eigenvalue weighted by atomic mass is 16.3. The van der Waals surface area contributed by atoms with Crippen LogP contribution in [0.2, 0.25) is 0 Å². The molecule has 0 bridgehead atoms. The van der Waals surface area contributed by atoms with Crippen LogP contribution in [0.15, 0.2) is 29.4 Å². The average Bonchev–Trinajstić information content (AvgIpc) is 3.00. The van der Waals surface area contributed by atoms with Crippen LogP contribution in [0.4, 0.5) is 0 Å². The molecule has 5 nitrogen and oxygen atoms in total. The van der Waals surface area contributed by atoms with Crippen molar-refractivity contribution in [2.75, 3.05) is 13.2 Å². The largest absolute Gasteiger partial charge is 0.508 e. The van der Waals surface area contributed by atoms with Crippen LogP contribution >= 0.6 is 0 Å². The Labute approximate surface area is 186 Å². The number of carbonyl (C=O) groups is 1. The van der Waals surface area contributed by atoms with Crippen LogP contribution in [-0.2, 0) is 19.4 Å². The summed E-state index contributed by atoms with van der Waals surface area (Å²) in [4.78, 5) is 14.3. The number of phenols is 1. The highest BCUT2D eigenvalue weighted by molar-refractivity contribution is 5.99. The standard InChI is InChI=1S/C26H37NO4/c1-17(2)7-5-8-18(3)9-6-10-26(4)15-21-19(14-24(26)30)23(29)13-20-22(21)16-27(11-12-28)25(20)31/h7,9,13,24,28-30H,5-6,8,10-12,14-16H2,1-4H3/b18-9+. The van der Waals surface area contributed by atoms with Crippen LogP contribution in [-0.4, -0.2) is 45.4 Å². The van der Waals surface area contributed by atoms with Gasteiger partial charge in [-0.2, -0.15) is 0 Å². The van der Waals surface area contributed by atoms with Crippen molar-refractivity contribution in [3.05, 3.63) is 51.6 Å². The lowest BCUT2D eigenvalue weighted by molar-refractivity contribution is 0.0227. The van der Waals surface area contributed by atoms with E-state index in [2.05, 4.69) is 39.8 Å². The molecule has 1 aromatic carbocycles. The summed E-state index contributed by atoms with van der Waals surface area (Å²) in [5.74, 6) is -0.0334. The van der Waals surface area contributed by atoms with Crippen molar-refractivity contribution in [2.24, 2.45) is 5.41 Å². The molecule has 1 aliphatic heterocycles. The third kappa shape index (κ3) is 5.04. The number of nitrogens with zero attached hydrogens (tertiary/aromatic N) is 1. The maximum atomic E-state index is 12.7. The van der Waals surface area contributed by atoms with Crippen molar-refractivity contribution in [3.63, 3.8) is 0 Å². The van der Waals surface area contributed by atoms with Crippen molar-refractivity contribution in [2.45, 2.75) is 78.9 Å². The fourth-order valence-corrected chi connectivity index (χ4v) is 4.91. The fraction of sp³-hybridized carbons (Fsp3) is 0.577. The number of β-amino-alcohol motifs (C(OH)–C–C–N with tert-alkyl or cyclic N) is 1. The molecule has 3 N–H and O–H groups in total.